The van der Waals surface area contributed by atoms with Crippen molar-refractivity contribution in [3.8, 4) is 6.07 Å². The molecule has 5 nitrogen and oxygen atoms in total. The van der Waals surface area contributed by atoms with Gasteiger partial charge in [0.1, 0.15) is 5.54 Å². The van der Waals surface area contributed by atoms with Crippen LogP contribution in [0, 0.1) is 11.3 Å². The minimum Gasteiger partial charge on any atom is -0.361 e. The molecular formula is C7H9N3O2. The number of primary amides is 1. The maximum absolute atomic E-state index is 10.8. The van der Waals surface area contributed by atoms with Crippen LogP contribution in [0.5, 0.6) is 0 Å². The highest BCUT2D eigenvalue weighted by Gasteiger charge is 2.39. The highest BCUT2D eigenvalue weighted by atomic mass is 16.2. The smallest absolute Gasteiger partial charge is 0.310 e. The molecule has 0 radical (unpaired) electrons. The van der Waals surface area contributed by atoms with E-state index in [1.165, 1.54) is 0 Å². The molecule has 0 aromatic rings. The van der Waals surface area contributed by atoms with E-state index in [0.717, 1.165) is 6.42 Å². The normalized spacial score (nSPS) is 18.6. The van der Waals surface area contributed by atoms with Gasteiger partial charge >= 0.3 is 11.8 Å². The molecule has 0 aromatic carbocycles. The number of carbonyl (C=O) groups excluding carboxylic acids is 2. The molecule has 1 rings (SSSR count). The van der Waals surface area contributed by atoms with Crippen LogP contribution in [0.3, 0.4) is 0 Å². The summed E-state index contributed by atoms with van der Waals surface area (Å²) >= 11 is 0. The molecule has 0 aromatic heterocycles. The van der Waals surface area contributed by atoms with Crippen LogP contribution in [-0.4, -0.2) is 17.4 Å². The van der Waals surface area contributed by atoms with E-state index in [1.54, 1.807) is 0 Å². The molecule has 0 unspecified atom stereocenters. The zero-order chi connectivity index (χ0) is 9.19. The number of nitrogens with one attached hydrogen (secondary N) is 1. The second-order valence-electron chi connectivity index (χ2n) is 2.87. The maximum atomic E-state index is 10.8. The lowest BCUT2D eigenvalue weighted by Crippen LogP contribution is -2.55. The molecule has 2 amide bonds. The Hall–Kier alpha value is -1.57. The Morgan fingerprint density at radius 3 is 2.33 bits per heavy atom. The van der Waals surface area contributed by atoms with E-state index >= 15 is 0 Å². The van der Waals surface area contributed by atoms with E-state index < -0.39 is 17.4 Å². The first-order valence-electron chi connectivity index (χ1n) is 3.63. The molecule has 1 aliphatic rings. The summed E-state index contributed by atoms with van der Waals surface area (Å²) < 4.78 is 0. The van der Waals surface area contributed by atoms with E-state index in [9.17, 15) is 9.59 Å². The standard InChI is InChI=1S/C7H9N3O2/c8-4-7(2-1-3-7)10-6(12)5(9)11/h1-3H2,(H2,9,11)(H,10,12). The van der Waals surface area contributed by atoms with Crippen LogP contribution in [-0.2, 0) is 9.59 Å². The number of hydrogen-bond acceptors (Lipinski definition) is 3. The SMILES string of the molecule is N#CC1(NC(=O)C(N)=O)CCC1. The van der Waals surface area contributed by atoms with Crippen LogP contribution >= 0.6 is 0 Å². The van der Waals surface area contributed by atoms with Crippen molar-refractivity contribution in [3.05, 3.63) is 0 Å². The zero-order valence-electron chi connectivity index (χ0n) is 6.46. The van der Waals surface area contributed by atoms with Gasteiger partial charge in [-0.25, -0.2) is 0 Å². The zero-order valence-corrected chi connectivity index (χ0v) is 6.46. The van der Waals surface area contributed by atoms with Gasteiger partial charge in [-0.15, -0.1) is 0 Å². The van der Waals surface area contributed by atoms with Crippen LogP contribution in [0.1, 0.15) is 19.3 Å². The van der Waals surface area contributed by atoms with Gasteiger partial charge in [0.15, 0.2) is 0 Å². The topological polar surface area (TPSA) is 96.0 Å². The number of amides is 2. The number of nitriles is 1. The summed E-state index contributed by atoms with van der Waals surface area (Å²) in [5, 5.41) is 11.0. The summed E-state index contributed by atoms with van der Waals surface area (Å²) in [7, 11) is 0. The molecule has 12 heavy (non-hydrogen) atoms. The largest absolute Gasteiger partial charge is 0.361 e. The fraction of sp³-hybridized carbons (Fsp3) is 0.571. The molecule has 0 bridgehead atoms. The van der Waals surface area contributed by atoms with Crippen molar-refractivity contribution in [3.63, 3.8) is 0 Å². The molecule has 0 heterocycles. The van der Waals surface area contributed by atoms with Gasteiger partial charge in [-0.05, 0) is 19.3 Å². The summed E-state index contributed by atoms with van der Waals surface area (Å²) in [5.74, 6) is -1.92. The number of rotatable bonds is 1. The van der Waals surface area contributed by atoms with Gasteiger partial charge in [0, 0.05) is 0 Å². The van der Waals surface area contributed by atoms with E-state index in [2.05, 4.69) is 5.32 Å². The average Bonchev–Trinajstić information content (AvgIpc) is 1.96. The number of nitrogens with zero attached hydrogens (tertiary/aromatic N) is 1. The predicted octanol–water partition coefficient (Wildman–Crippen LogP) is -0.966. The van der Waals surface area contributed by atoms with Crippen LogP contribution in [0.15, 0.2) is 0 Å². The minimum atomic E-state index is -1.04. The highest BCUT2D eigenvalue weighted by molar-refractivity contribution is 6.34. The average molecular weight is 167 g/mol. The Kier molecular flexibility index (Phi) is 2.00. The third-order valence-corrected chi connectivity index (χ3v) is 2.00. The molecule has 64 valence electrons. The summed E-state index contributed by atoms with van der Waals surface area (Å²) in [6.07, 6.45) is 2.09. The lowest BCUT2D eigenvalue weighted by molar-refractivity contribution is -0.138. The molecule has 1 aliphatic carbocycles. The Morgan fingerprint density at radius 1 is 1.50 bits per heavy atom. The molecule has 0 spiro atoms. The van der Waals surface area contributed by atoms with Gasteiger partial charge in [-0.1, -0.05) is 0 Å². The van der Waals surface area contributed by atoms with Crippen molar-refractivity contribution in [2.24, 2.45) is 5.73 Å². The first-order valence-corrected chi connectivity index (χ1v) is 3.63. The fourth-order valence-corrected chi connectivity index (χ4v) is 1.07. The minimum absolute atomic E-state index is 0.600. The van der Waals surface area contributed by atoms with E-state index in [1.807, 2.05) is 6.07 Å². The first kappa shape index (κ1) is 8.53. The third kappa shape index (κ3) is 1.37. The Bertz CT molecular complexity index is 262. The Morgan fingerprint density at radius 2 is 2.08 bits per heavy atom. The monoisotopic (exact) mass is 167 g/mol. The second kappa shape index (κ2) is 2.81. The summed E-state index contributed by atoms with van der Waals surface area (Å²) in [6, 6.07) is 1.96. The van der Waals surface area contributed by atoms with Crippen molar-refractivity contribution in [2.75, 3.05) is 0 Å². The van der Waals surface area contributed by atoms with Crippen molar-refractivity contribution in [1.29, 1.82) is 5.26 Å². The Balaban J connectivity index is 2.56. The van der Waals surface area contributed by atoms with E-state index in [4.69, 9.17) is 11.0 Å². The van der Waals surface area contributed by atoms with Crippen LogP contribution in [0.4, 0.5) is 0 Å². The molecule has 5 heteroatoms. The maximum Gasteiger partial charge on any atom is 0.310 e. The Labute approximate surface area is 69.5 Å². The quantitative estimate of drug-likeness (QED) is 0.492. The van der Waals surface area contributed by atoms with Gasteiger partial charge in [-0.3, -0.25) is 9.59 Å². The van der Waals surface area contributed by atoms with Gasteiger partial charge < -0.3 is 11.1 Å². The number of hydrogen-bond donors (Lipinski definition) is 2. The summed E-state index contributed by atoms with van der Waals surface area (Å²) in [5.41, 5.74) is 3.89. The van der Waals surface area contributed by atoms with Crippen molar-refractivity contribution < 1.29 is 9.59 Å². The number of nitrogens with two attached hydrogens (primary N) is 1. The van der Waals surface area contributed by atoms with Crippen LogP contribution in [0.25, 0.3) is 0 Å². The van der Waals surface area contributed by atoms with Gasteiger partial charge in [0.2, 0.25) is 0 Å². The van der Waals surface area contributed by atoms with E-state index in [0.29, 0.717) is 12.8 Å². The number of carbonyl (C=O) groups is 2. The lowest BCUT2D eigenvalue weighted by Gasteiger charge is -2.35. The third-order valence-electron chi connectivity index (χ3n) is 2.00. The second-order valence-corrected chi connectivity index (χ2v) is 2.87. The molecule has 0 saturated heterocycles. The van der Waals surface area contributed by atoms with E-state index in [-0.39, 0.29) is 0 Å². The van der Waals surface area contributed by atoms with Crippen LogP contribution < -0.4 is 11.1 Å². The highest BCUT2D eigenvalue weighted by Crippen LogP contribution is 2.30. The molecular weight excluding hydrogens is 158 g/mol. The molecule has 3 N–H and O–H groups in total. The van der Waals surface area contributed by atoms with Gasteiger partial charge in [-0.2, -0.15) is 5.26 Å². The lowest BCUT2D eigenvalue weighted by atomic mass is 9.78. The molecule has 0 aliphatic heterocycles. The first-order chi connectivity index (χ1) is 5.59. The van der Waals surface area contributed by atoms with Gasteiger partial charge in [0.25, 0.3) is 0 Å². The molecule has 1 fully saturated rings. The summed E-state index contributed by atoms with van der Waals surface area (Å²) in [6.45, 7) is 0. The molecule has 0 atom stereocenters. The summed E-state index contributed by atoms with van der Waals surface area (Å²) in [4.78, 5) is 21.1. The molecule has 1 saturated carbocycles. The van der Waals surface area contributed by atoms with Crippen molar-refractivity contribution in [1.82, 2.24) is 5.32 Å². The van der Waals surface area contributed by atoms with Crippen LogP contribution in [0.2, 0.25) is 0 Å². The van der Waals surface area contributed by atoms with Gasteiger partial charge in [0.05, 0.1) is 6.07 Å². The van der Waals surface area contributed by atoms with Crippen molar-refractivity contribution in [2.45, 2.75) is 24.8 Å². The predicted molar refractivity (Wildman–Crippen MR) is 39.5 cm³/mol. The van der Waals surface area contributed by atoms with Crippen molar-refractivity contribution >= 4 is 11.8 Å². The fourth-order valence-electron chi connectivity index (χ4n) is 1.07.